The van der Waals surface area contributed by atoms with E-state index in [4.69, 9.17) is 9.47 Å². The molecule has 3 aromatic rings. The molecule has 1 aliphatic heterocycles. The predicted octanol–water partition coefficient (Wildman–Crippen LogP) is 2.42. The van der Waals surface area contributed by atoms with E-state index in [1.807, 2.05) is 30.3 Å². The van der Waals surface area contributed by atoms with Gasteiger partial charge in [-0.1, -0.05) is 18.2 Å². The third kappa shape index (κ3) is 2.83. The lowest BCUT2D eigenvalue weighted by atomic mass is 10.2. The molecule has 0 amide bonds. The summed E-state index contributed by atoms with van der Waals surface area (Å²) in [7, 11) is -3.63. The van der Waals surface area contributed by atoms with Crippen molar-refractivity contribution < 1.29 is 17.9 Å². The molecule has 1 aromatic heterocycles. The first-order valence-electron chi connectivity index (χ1n) is 7.58. The Hall–Kier alpha value is -2.51. The van der Waals surface area contributed by atoms with Crippen molar-refractivity contribution >= 4 is 20.9 Å². The molecule has 0 spiro atoms. The molecule has 0 atom stereocenters. The van der Waals surface area contributed by atoms with E-state index in [9.17, 15) is 8.42 Å². The van der Waals surface area contributed by atoms with Crippen LogP contribution >= 0.6 is 0 Å². The molecule has 0 fully saturated rings. The van der Waals surface area contributed by atoms with Gasteiger partial charge in [0, 0.05) is 17.3 Å². The van der Waals surface area contributed by atoms with Crippen LogP contribution < -0.4 is 14.2 Å². The van der Waals surface area contributed by atoms with Crippen LogP contribution in [-0.2, 0) is 16.6 Å². The van der Waals surface area contributed by atoms with Gasteiger partial charge >= 0.3 is 0 Å². The quantitative estimate of drug-likeness (QED) is 0.762. The predicted molar refractivity (Wildman–Crippen MR) is 89.8 cm³/mol. The number of aromatic amines is 1. The first-order chi connectivity index (χ1) is 11.6. The Morgan fingerprint density at radius 3 is 2.62 bits per heavy atom. The molecule has 0 saturated heterocycles. The van der Waals surface area contributed by atoms with Crippen LogP contribution in [0, 0.1) is 0 Å². The molecule has 0 unspecified atom stereocenters. The van der Waals surface area contributed by atoms with Gasteiger partial charge in [0.25, 0.3) is 0 Å². The summed E-state index contributed by atoms with van der Waals surface area (Å²) in [5.74, 6) is 1.02. The third-order valence-corrected chi connectivity index (χ3v) is 5.26. The lowest BCUT2D eigenvalue weighted by molar-refractivity contribution is 0.171. The fourth-order valence-electron chi connectivity index (χ4n) is 2.68. The Balaban J connectivity index is 1.54. The van der Waals surface area contributed by atoms with Crippen LogP contribution in [0.2, 0.25) is 0 Å². The van der Waals surface area contributed by atoms with Crippen molar-refractivity contribution in [1.82, 2.24) is 9.71 Å². The van der Waals surface area contributed by atoms with Crippen molar-refractivity contribution in [2.45, 2.75) is 11.4 Å². The Morgan fingerprint density at radius 2 is 1.79 bits per heavy atom. The molecule has 2 aromatic carbocycles. The topological polar surface area (TPSA) is 80.4 Å². The van der Waals surface area contributed by atoms with E-state index in [0.717, 1.165) is 16.6 Å². The zero-order valence-corrected chi connectivity index (χ0v) is 13.6. The zero-order chi connectivity index (χ0) is 16.6. The average Bonchev–Trinajstić information content (AvgIpc) is 3.03. The second-order valence-corrected chi connectivity index (χ2v) is 7.28. The summed E-state index contributed by atoms with van der Waals surface area (Å²) in [5.41, 5.74) is 1.78. The minimum Gasteiger partial charge on any atom is -0.486 e. The monoisotopic (exact) mass is 344 g/mol. The summed E-state index contributed by atoms with van der Waals surface area (Å²) in [6.07, 6.45) is 0. The van der Waals surface area contributed by atoms with Gasteiger partial charge in [-0.3, -0.25) is 0 Å². The molecule has 7 heteroatoms. The van der Waals surface area contributed by atoms with Gasteiger partial charge in [0.1, 0.15) is 13.2 Å². The van der Waals surface area contributed by atoms with Crippen molar-refractivity contribution in [1.29, 1.82) is 0 Å². The van der Waals surface area contributed by atoms with Gasteiger partial charge in [-0.2, -0.15) is 0 Å². The van der Waals surface area contributed by atoms with Gasteiger partial charge in [0.2, 0.25) is 10.0 Å². The Morgan fingerprint density at radius 1 is 1.00 bits per heavy atom. The number of ether oxygens (including phenoxy) is 2. The number of rotatable bonds is 4. The Bertz CT molecular complexity index is 962. The maximum atomic E-state index is 12.5. The number of hydrogen-bond donors (Lipinski definition) is 2. The van der Waals surface area contributed by atoms with Gasteiger partial charge in [-0.05, 0) is 29.7 Å². The molecule has 0 bridgehead atoms. The number of nitrogens with one attached hydrogen (secondary N) is 2. The standard InChI is InChI=1S/C17H16N2O4S/c20-24(21,14-5-6-16-17(10-14)23-8-7-22-16)18-11-13-9-12-3-1-2-4-15(12)19-13/h1-6,9-10,18-19H,7-8,11H2. The Kier molecular flexibility index (Phi) is 3.66. The highest BCUT2D eigenvalue weighted by atomic mass is 32.2. The second kappa shape index (κ2) is 5.85. The molecule has 0 saturated carbocycles. The molecule has 6 nitrogen and oxygen atoms in total. The fourth-order valence-corrected chi connectivity index (χ4v) is 3.70. The number of aromatic nitrogens is 1. The van der Waals surface area contributed by atoms with E-state index in [1.165, 1.54) is 12.1 Å². The van der Waals surface area contributed by atoms with Gasteiger partial charge in [-0.15, -0.1) is 0 Å². The summed E-state index contributed by atoms with van der Waals surface area (Å²) in [6.45, 7) is 1.07. The minimum atomic E-state index is -3.63. The van der Waals surface area contributed by atoms with Crippen molar-refractivity contribution in [2.75, 3.05) is 13.2 Å². The molecule has 124 valence electrons. The summed E-state index contributed by atoms with van der Waals surface area (Å²) in [4.78, 5) is 3.35. The van der Waals surface area contributed by atoms with Crippen LogP contribution in [0.1, 0.15) is 5.69 Å². The maximum absolute atomic E-state index is 12.5. The van der Waals surface area contributed by atoms with Crippen LogP contribution in [0.4, 0.5) is 0 Å². The van der Waals surface area contributed by atoms with Crippen LogP contribution in [-0.4, -0.2) is 26.6 Å². The van der Waals surface area contributed by atoms with Crippen molar-refractivity contribution in [3.05, 3.63) is 54.2 Å². The Labute approximate surface area is 139 Å². The summed E-state index contributed by atoms with van der Waals surface area (Å²) in [6, 6.07) is 14.4. The average molecular weight is 344 g/mol. The smallest absolute Gasteiger partial charge is 0.241 e. The van der Waals surface area contributed by atoms with Gasteiger partial charge in [0.05, 0.1) is 11.4 Å². The molecular weight excluding hydrogens is 328 g/mol. The van der Waals surface area contributed by atoms with E-state index in [2.05, 4.69) is 9.71 Å². The van der Waals surface area contributed by atoms with Gasteiger partial charge in [0.15, 0.2) is 11.5 Å². The van der Waals surface area contributed by atoms with E-state index in [0.29, 0.717) is 24.7 Å². The lowest BCUT2D eigenvalue weighted by Gasteiger charge is -2.18. The SMILES string of the molecule is O=S(=O)(NCc1cc2ccccc2[nH]1)c1ccc2c(c1)OCCO2. The van der Waals surface area contributed by atoms with Crippen LogP contribution in [0.5, 0.6) is 11.5 Å². The highest BCUT2D eigenvalue weighted by Crippen LogP contribution is 2.32. The minimum absolute atomic E-state index is 0.155. The van der Waals surface area contributed by atoms with Gasteiger partial charge in [-0.25, -0.2) is 13.1 Å². The lowest BCUT2D eigenvalue weighted by Crippen LogP contribution is -2.24. The summed E-state index contributed by atoms with van der Waals surface area (Å²) >= 11 is 0. The highest BCUT2D eigenvalue weighted by Gasteiger charge is 2.19. The van der Waals surface area contributed by atoms with Crippen molar-refractivity contribution in [2.24, 2.45) is 0 Å². The molecule has 1 aliphatic rings. The third-order valence-electron chi connectivity index (χ3n) is 3.86. The summed E-state index contributed by atoms with van der Waals surface area (Å²) < 4.78 is 38.4. The first-order valence-corrected chi connectivity index (χ1v) is 9.06. The van der Waals surface area contributed by atoms with Crippen molar-refractivity contribution in [3.8, 4) is 11.5 Å². The fraction of sp³-hybridized carbons (Fsp3) is 0.176. The van der Waals surface area contributed by atoms with Crippen molar-refractivity contribution in [3.63, 3.8) is 0 Å². The van der Waals surface area contributed by atoms with Crippen LogP contribution in [0.15, 0.2) is 53.4 Å². The largest absolute Gasteiger partial charge is 0.486 e. The normalized spacial score (nSPS) is 14.0. The zero-order valence-electron chi connectivity index (χ0n) is 12.8. The molecule has 2 N–H and O–H groups in total. The molecule has 0 aliphatic carbocycles. The molecule has 0 radical (unpaired) electrons. The molecular formula is C17H16N2O4S. The maximum Gasteiger partial charge on any atom is 0.241 e. The molecule has 4 rings (SSSR count). The highest BCUT2D eigenvalue weighted by molar-refractivity contribution is 7.89. The van der Waals surface area contributed by atoms with E-state index < -0.39 is 10.0 Å². The number of fused-ring (bicyclic) bond motifs is 2. The number of para-hydroxylation sites is 1. The van der Waals surface area contributed by atoms with E-state index in [1.54, 1.807) is 6.07 Å². The number of sulfonamides is 1. The van der Waals surface area contributed by atoms with Crippen LogP contribution in [0.3, 0.4) is 0 Å². The molecule has 24 heavy (non-hydrogen) atoms. The van der Waals surface area contributed by atoms with E-state index in [-0.39, 0.29) is 11.4 Å². The van der Waals surface area contributed by atoms with Crippen LogP contribution in [0.25, 0.3) is 10.9 Å². The van der Waals surface area contributed by atoms with Gasteiger partial charge < -0.3 is 14.5 Å². The first kappa shape index (κ1) is 15.0. The molecule has 2 heterocycles. The number of hydrogen-bond acceptors (Lipinski definition) is 4. The second-order valence-electron chi connectivity index (χ2n) is 5.51. The number of H-pyrrole nitrogens is 1. The summed E-state index contributed by atoms with van der Waals surface area (Å²) in [5, 5.41) is 1.05. The van der Waals surface area contributed by atoms with E-state index >= 15 is 0 Å². The number of benzene rings is 2.